The van der Waals surface area contributed by atoms with Crippen LogP contribution in [0.1, 0.15) is 70.1 Å². The highest BCUT2D eigenvalue weighted by Crippen LogP contribution is 2.33. The average Bonchev–Trinajstić information content (AvgIpc) is 3.39. The minimum atomic E-state index is -0.414. The third-order valence-electron chi connectivity index (χ3n) is 7.28. The third kappa shape index (κ3) is 4.51. The maximum atomic E-state index is 13.5. The molecule has 5 rings (SSSR count). The molecule has 0 spiro atoms. The summed E-state index contributed by atoms with van der Waals surface area (Å²) in [5, 5.41) is 3.06. The van der Waals surface area contributed by atoms with Gasteiger partial charge in [0.15, 0.2) is 0 Å². The molecule has 0 saturated carbocycles. The van der Waals surface area contributed by atoms with Crippen LogP contribution in [0.15, 0.2) is 72.8 Å². The van der Waals surface area contributed by atoms with Crippen molar-refractivity contribution in [2.24, 2.45) is 0 Å². The van der Waals surface area contributed by atoms with E-state index in [4.69, 9.17) is 0 Å². The van der Waals surface area contributed by atoms with Crippen LogP contribution in [0.2, 0.25) is 0 Å². The molecule has 2 aliphatic heterocycles. The number of para-hydroxylation sites is 1. The van der Waals surface area contributed by atoms with E-state index in [1.807, 2.05) is 37.3 Å². The van der Waals surface area contributed by atoms with Gasteiger partial charge in [-0.25, -0.2) is 0 Å². The predicted molar refractivity (Wildman–Crippen MR) is 140 cm³/mol. The zero-order valence-corrected chi connectivity index (χ0v) is 20.7. The minimum Gasteiger partial charge on any atom is -0.346 e. The van der Waals surface area contributed by atoms with Gasteiger partial charge in [-0.3, -0.25) is 14.4 Å². The topological polar surface area (TPSA) is 69.7 Å². The van der Waals surface area contributed by atoms with E-state index in [-0.39, 0.29) is 23.8 Å². The molecule has 6 nitrogen and oxygen atoms in total. The molecule has 1 fully saturated rings. The standard InChI is InChI=1S/C30H31N3O3/c1-3-21-10-14-23(15-11-21)20(2)31-28(34)24-16-12-22(13-17-24)19-33-26-8-5-4-7-25(26)29(35)32-18-6-9-27(32)30(33)36/h4-5,7-8,10-17,20,27H,3,6,9,18-19H2,1-2H3,(H,31,34). The molecule has 6 heteroatoms. The number of benzene rings is 3. The third-order valence-corrected chi connectivity index (χ3v) is 7.28. The summed E-state index contributed by atoms with van der Waals surface area (Å²) in [6.45, 7) is 5.05. The quantitative estimate of drug-likeness (QED) is 0.545. The molecule has 0 radical (unpaired) electrons. The van der Waals surface area contributed by atoms with E-state index in [9.17, 15) is 14.4 Å². The average molecular weight is 482 g/mol. The van der Waals surface area contributed by atoms with E-state index in [1.165, 1.54) is 5.56 Å². The molecule has 3 aromatic rings. The van der Waals surface area contributed by atoms with Gasteiger partial charge in [-0.15, -0.1) is 0 Å². The summed E-state index contributed by atoms with van der Waals surface area (Å²) >= 11 is 0. The second-order valence-electron chi connectivity index (χ2n) is 9.59. The van der Waals surface area contributed by atoms with Crippen LogP contribution in [0.5, 0.6) is 0 Å². The molecular formula is C30H31N3O3. The van der Waals surface area contributed by atoms with Crippen LogP contribution in [0, 0.1) is 0 Å². The predicted octanol–water partition coefficient (Wildman–Crippen LogP) is 4.89. The molecule has 2 aliphatic rings. The van der Waals surface area contributed by atoms with E-state index in [2.05, 4.69) is 36.5 Å². The van der Waals surface area contributed by atoms with Gasteiger partial charge in [0, 0.05) is 12.1 Å². The van der Waals surface area contributed by atoms with Crippen LogP contribution in [0.4, 0.5) is 5.69 Å². The molecule has 0 aromatic heterocycles. The molecule has 2 heterocycles. The Bertz CT molecular complexity index is 1280. The first-order valence-electron chi connectivity index (χ1n) is 12.7. The Balaban J connectivity index is 1.32. The maximum Gasteiger partial charge on any atom is 0.256 e. The molecule has 0 bridgehead atoms. The second kappa shape index (κ2) is 9.97. The highest BCUT2D eigenvalue weighted by atomic mass is 16.2. The zero-order valence-electron chi connectivity index (χ0n) is 20.7. The molecule has 36 heavy (non-hydrogen) atoms. The summed E-state index contributed by atoms with van der Waals surface area (Å²) < 4.78 is 0. The lowest BCUT2D eigenvalue weighted by molar-refractivity contribution is -0.122. The molecule has 2 atom stereocenters. The Kier molecular flexibility index (Phi) is 6.59. The Morgan fingerprint density at radius 3 is 2.39 bits per heavy atom. The molecule has 3 aromatic carbocycles. The van der Waals surface area contributed by atoms with Crippen molar-refractivity contribution in [2.75, 3.05) is 11.4 Å². The Hall–Kier alpha value is -3.93. The van der Waals surface area contributed by atoms with Crippen LogP contribution >= 0.6 is 0 Å². The Labute approximate surface area is 211 Å². The van der Waals surface area contributed by atoms with Crippen LogP contribution < -0.4 is 10.2 Å². The summed E-state index contributed by atoms with van der Waals surface area (Å²) in [5.74, 6) is -0.262. The van der Waals surface area contributed by atoms with E-state index in [0.29, 0.717) is 36.3 Å². The van der Waals surface area contributed by atoms with Gasteiger partial charge in [0.05, 0.1) is 23.8 Å². The van der Waals surface area contributed by atoms with Crippen molar-refractivity contribution in [1.29, 1.82) is 0 Å². The van der Waals surface area contributed by atoms with E-state index in [0.717, 1.165) is 24.0 Å². The number of hydrogen-bond acceptors (Lipinski definition) is 3. The first-order valence-corrected chi connectivity index (χ1v) is 12.7. The number of nitrogens with zero attached hydrogens (tertiary/aromatic N) is 2. The molecule has 1 saturated heterocycles. The molecular weight excluding hydrogens is 450 g/mol. The van der Waals surface area contributed by atoms with Crippen LogP contribution in [0.3, 0.4) is 0 Å². The Morgan fingerprint density at radius 1 is 0.972 bits per heavy atom. The number of amides is 3. The largest absolute Gasteiger partial charge is 0.346 e. The first-order chi connectivity index (χ1) is 17.5. The van der Waals surface area contributed by atoms with Gasteiger partial charge in [-0.2, -0.15) is 0 Å². The monoisotopic (exact) mass is 481 g/mol. The fourth-order valence-corrected chi connectivity index (χ4v) is 5.12. The number of carbonyl (C=O) groups is 3. The smallest absolute Gasteiger partial charge is 0.256 e. The maximum absolute atomic E-state index is 13.5. The normalized spacial score (nSPS) is 17.9. The van der Waals surface area contributed by atoms with E-state index >= 15 is 0 Å². The summed E-state index contributed by atoms with van der Waals surface area (Å²) in [7, 11) is 0. The van der Waals surface area contributed by atoms with Crippen molar-refractivity contribution in [1.82, 2.24) is 10.2 Å². The summed E-state index contributed by atoms with van der Waals surface area (Å²) in [4.78, 5) is 42.9. The van der Waals surface area contributed by atoms with Crippen LogP contribution in [-0.2, 0) is 17.8 Å². The number of carbonyl (C=O) groups excluding carboxylic acids is 3. The highest BCUT2D eigenvalue weighted by molar-refractivity contribution is 6.11. The lowest BCUT2D eigenvalue weighted by atomic mass is 10.0. The summed E-state index contributed by atoms with van der Waals surface area (Å²) in [5.41, 5.74) is 5.00. The fraction of sp³-hybridized carbons (Fsp3) is 0.300. The molecule has 2 unspecified atom stereocenters. The summed E-state index contributed by atoms with van der Waals surface area (Å²) in [6, 6.07) is 22.4. The molecule has 184 valence electrons. The SMILES string of the molecule is CCc1ccc(C(C)NC(=O)c2ccc(CN3C(=O)C4CCCN4C(=O)c4ccccc43)cc2)cc1. The molecule has 0 aliphatic carbocycles. The van der Waals surface area contributed by atoms with Crippen molar-refractivity contribution in [3.8, 4) is 0 Å². The van der Waals surface area contributed by atoms with Crippen molar-refractivity contribution >= 4 is 23.4 Å². The summed E-state index contributed by atoms with van der Waals surface area (Å²) in [6.07, 6.45) is 2.51. The van der Waals surface area contributed by atoms with Crippen LogP contribution in [-0.4, -0.2) is 35.2 Å². The van der Waals surface area contributed by atoms with Gasteiger partial charge in [-0.05, 0) is 67.1 Å². The van der Waals surface area contributed by atoms with Crippen LogP contribution in [0.25, 0.3) is 0 Å². The van der Waals surface area contributed by atoms with Gasteiger partial charge >= 0.3 is 0 Å². The van der Waals surface area contributed by atoms with Crippen molar-refractivity contribution < 1.29 is 14.4 Å². The van der Waals surface area contributed by atoms with Gasteiger partial charge < -0.3 is 15.1 Å². The number of hydrogen-bond donors (Lipinski definition) is 1. The molecule has 3 amide bonds. The van der Waals surface area contributed by atoms with Gasteiger partial charge in [-0.1, -0.05) is 55.5 Å². The molecule has 1 N–H and O–H groups in total. The lowest BCUT2D eigenvalue weighted by Gasteiger charge is -2.26. The van der Waals surface area contributed by atoms with Gasteiger partial charge in [0.2, 0.25) is 5.91 Å². The number of nitrogens with one attached hydrogen (secondary N) is 1. The van der Waals surface area contributed by atoms with Gasteiger partial charge in [0.25, 0.3) is 11.8 Å². The highest BCUT2D eigenvalue weighted by Gasteiger charge is 2.41. The number of fused-ring (bicyclic) bond motifs is 2. The second-order valence-corrected chi connectivity index (χ2v) is 9.59. The Morgan fingerprint density at radius 2 is 1.67 bits per heavy atom. The lowest BCUT2D eigenvalue weighted by Crippen LogP contribution is -2.44. The van der Waals surface area contributed by atoms with Gasteiger partial charge in [0.1, 0.15) is 6.04 Å². The van der Waals surface area contributed by atoms with E-state index in [1.54, 1.807) is 28.0 Å². The number of rotatable bonds is 6. The first kappa shape index (κ1) is 23.8. The van der Waals surface area contributed by atoms with Crippen molar-refractivity contribution in [3.63, 3.8) is 0 Å². The van der Waals surface area contributed by atoms with E-state index < -0.39 is 6.04 Å². The zero-order chi connectivity index (χ0) is 25.2. The minimum absolute atomic E-state index is 0.0458. The van der Waals surface area contributed by atoms with Crippen molar-refractivity contribution in [2.45, 2.75) is 51.7 Å². The van der Waals surface area contributed by atoms with Crippen molar-refractivity contribution in [3.05, 3.63) is 101 Å². The number of anilines is 1. The number of aryl methyl sites for hydroxylation is 1. The fourth-order valence-electron chi connectivity index (χ4n) is 5.12.